The fourth-order valence-corrected chi connectivity index (χ4v) is 3.14. The van der Waals surface area contributed by atoms with Crippen molar-refractivity contribution in [3.63, 3.8) is 0 Å². The summed E-state index contributed by atoms with van der Waals surface area (Å²) in [6.45, 7) is 10.2. The van der Waals surface area contributed by atoms with E-state index in [-0.39, 0.29) is 5.60 Å². The molecule has 0 spiro atoms. The molecule has 1 unspecified atom stereocenters. The Bertz CT molecular complexity index is 425. The summed E-state index contributed by atoms with van der Waals surface area (Å²) in [6.07, 6.45) is 5.07. The molecule has 5 heteroatoms. The Morgan fingerprint density at radius 1 is 1.38 bits per heavy atom. The predicted octanol–water partition coefficient (Wildman–Crippen LogP) is 3.05. The van der Waals surface area contributed by atoms with E-state index in [1.54, 1.807) is 0 Å². The number of nitrogens with zero attached hydrogens (tertiary/aromatic N) is 2. The molecule has 0 radical (unpaired) electrons. The van der Waals surface area contributed by atoms with Gasteiger partial charge in [0.15, 0.2) is 0 Å². The molecule has 1 saturated carbocycles. The van der Waals surface area contributed by atoms with E-state index in [9.17, 15) is 0 Å². The average molecular weight is 295 g/mol. The van der Waals surface area contributed by atoms with Crippen molar-refractivity contribution in [1.82, 2.24) is 15.5 Å². The van der Waals surface area contributed by atoms with Gasteiger partial charge in [-0.3, -0.25) is 0 Å². The molecule has 1 aromatic heterocycles. The lowest BCUT2D eigenvalue weighted by molar-refractivity contribution is -0.0847. The molecule has 0 saturated heterocycles. The Kier molecular flexibility index (Phi) is 5.76. The SMILES string of the molecule is CCNC(C)Cc1nc(C2(OCC)CCC(C)CC2)no1. The summed E-state index contributed by atoms with van der Waals surface area (Å²) in [5.74, 6) is 2.21. The van der Waals surface area contributed by atoms with Crippen LogP contribution in [0.15, 0.2) is 4.52 Å². The van der Waals surface area contributed by atoms with Crippen LogP contribution >= 0.6 is 0 Å². The molecular weight excluding hydrogens is 266 g/mol. The van der Waals surface area contributed by atoms with Crippen LogP contribution in [0, 0.1) is 5.92 Å². The topological polar surface area (TPSA) is 60.2 Å². The van der Waals surface area contributed by atoms with E-state index in [0.29, 0.717) is 18.5 Å². The maximum atomic E-state index is 6.07. The molecule has 0 amide bonds. The highest BCUT2D eigenvalue weighted by Crippen LogP contribution is 2.41. The molecule has 1 aliphatic carbocycles. The van der Waals surface area contributed by atoms with E-state index < -0.39 is 0 Å². The van der Waals surface area contributed by atoms with Gasteiger partial charge in [0.25, 0.3) is 0 Å². The summed E-state index contributed by atoms with van der Waals surface area (Å²) < 4.78 is 11.5. The third-order valence-electron chi connectivity index (χ3n) is 4.41. The molecule has 0 aliphatic heterocycles. The van der Waals surface area contributed by atoms with Crippen molar-refractivity contribution in [1.29, 1.82) is 0 Å². The molecule has 1 aliphatic rings. The molecule has 1 atom stereocenters. The normalized spacial score (nSPS) is 27.7. The van der Waals surface area contributed by atoms with Gasteiger partial charge in [0.1, 0.15) is 5.60 Å². The fourth-order valence-electron chi connectivity index (χ4n) is 3.14. The van der Waals surface area contributed by atoms with Crippen LogP contribution in [0.3, 0.4) is 0 Å². The van der Waals surface area contributed by atoms with Gasteiger partial charge in [-0.15, -0.1) is 0 Å². The molecule has 0 bridgehead atoms. The Labute approximate surface area is 127 Å². The van der Waals surface area contributed by atoms with Gasteiger partial charge in [-0.1, -0.05) is 19.0 Å². The molecule has 21 heavy (non-hydrogen) atoms. The van der Waals surface area contributed by atoms with E-state index in [0.717, 1.165) is 50.4 Å². The van der Waals surface area contributed by atoms with Crippen molar-refractivity contribution < 1.29 is 9.26 Å². The first-order valence-corrected chi connectivity index (χ1v) is 8.30. The Morgan fingerprint density at radius 3 is 2.71 bits per heavy atom. The zero-order valence-electron chi connectivity index (χ0n) is 13.8. The van der Waals surface area contributed by atoms with Gasteiger partial charge in [0.2, 0.25) is 11.7 Å². The average Bonchev–Trinajstić information content (AvgIpc) is 2.91. The summed E-state index contributed by atoms with van der Waals surface area (Å²) in [7, 11) is 0. The molecule has 1 aromatic rings. The van der Waals surface area contributed by atoms with Crippen LogP contribution in [0.25, 0.3) is 0 Å². The Hall–Kier alpha value is -0.940. The second-order valence-corrected chi connectivity index (χ2v) is 6.28. The van der Waals surface area contributed by atoms with E-state index in [1.807, 2.05) is 6.92 Å². The lowest BCUT2D eigenvalue weighted by Gasteiger charge is -2.36. The van der Waals surface area contributed by atoms with Crippen LogP contribution in [0.5, 0.6) is 0 Å². The van der Waals surface area contributed by atoms with E-state index >= 15 is 0 Å². The highest BCUT2D eigenvalue weighted by Gasteiger charge is 2.40. The van der Waals surface area contributed by atoms with Gasteiger partial charge in [-0.05, 0) is 52.0 Å². The first-order chi connectivity index (χ1) is 10.1. The van der Waals surface area contributed by atoms with Crippen molar-refractivity contribution in [3.8, 4) is 0 Å². The summed E-state index contributed by atoms with van der Waals surface area (Å²) in [4.78, 5) is 4.63. The zero-order chi connectivity index (χ0) is 15.3. The van der Waals surface area contributed by atoms with Gasteiger partial charge >= 0.3 is 0 Å². The standard InChI is InChI=1S/C16H29N3O2/c1-5-17-13(4)11-14-18-15(19-21-14)16(20-6-2)9-7-12(3)8-10-16/h12-13,17H,5-11H2,1-4H3. The van der Waals surface area contributed by atoms with Gasteiger partial charge in [-0.2, -0.15) is 4.98 Å². The highest BCUT2D eigenvalue weighted by molar-refractivity contribution is 5.04. The lowest BCUT2D eigenvalue weighted by Crippen LogP contribution is -2.35. The number of hydrogen-bond donors (Lipinski definition) is 1. The fraction of sp³-hybridized carbons (Fsp3) is 0.875. The number of nitrogens with one attached hydrogen (secondary N) is 1. The number of rotatable bonds is 7. The first kappa shape index (κ1) is 16.4. The Morgan fingerprint density at radius 2 is 2.10 bits per heavy atom. The largest absolute Gasteiger partial charge is 0.367 e. The van der Waals surface area contributed by atoms with Crippen LogP contribution in [0.2, 0.25) is 0 Å². The molecule has 120 valence electrons. The van der Waals surface area contributed by atoms with Crippen molar-refractivity contribution in [2.75, 3.05) is 13.2 Å². The van der Waals surface area contributed by atoms with E-state index in [1.165, 1.54) is 0 Å². The monoisotopic (exact) mass is 295 g/mol. The number of likely N-dealkylation sites (N-methyl/N-ethyl adjacent to an activating group) is 1. The minimum Gasteiger partial charge on any atom is -0.367 e. The highest BCUT2D eigenvalue weighted by atomic mass is 16.5. The number of ether oxygens (including phenoxy) is 1. The maximum absolute atomic E-state index is 6.07. The van der Waals surface area contributed by atoms with Crippen LogP contribution in [-0.2, 0) is 16.8 Å². The second kappa shape index (κ2) is 7.36. The molecule has 5 nitrogen and oxygen atoms in total. The molecular formula is C16H29N3O2. The maximum Gasteiger partial charge on any atom is 0.228 e. The van der Waals surface area contributed by atoms with Crippen LogP contribution in [0.1, 0.15) is 65.1 Å². The second-order valence-electron chi connectivity index (χ2n) is 6.28. The van der Waals surface area contributed by atoms with Gasteiger partial charge in [0.05, 0.1) is 0 Å². The van der Waals surface area contributed by atoms with Gasteiger partial charge in [-0.25, -0.2) is 0 Å². The first-order valence-electron chi connectivity index (χ1n) is 8.30. The number of aromatic nitrogens is 2. The van der Waals surface area contributed by atoms with Crippen LogP contribution in [-0.4, -0.2) is 29.3 Å². The van der Waals surface area contributed by atoms with Crippen LogP contribution in [0.4, 0.5) is 0 Å². The van der Waals surface area contributed by atoms with Crippen molar-refractivity contribution >= 4 is 0 Å². The Balaban J connectivity index is 2.09. The minimum atomic E-state index is -0.329. The molecule has 2 rings (SSSR count). The third-order valence-corrected chi connectivity index (χ3v) is 4.41. The van der Waals surface area contributed by atoms with E-state index in [4.69, 9.17) is 9.26 Å². The van der Waals surface area contributed by atoms with E-state index in [2.05, 4.69) is 36.2 Å². The van der Waals surface area contributed by atoms with Crippen molar-refractivity contribution in [3.05, 3.63) is 11.7 Å². The minimum absolute atomic E-state index is 0.329. The van der Waals surface area contributed by atoms with Gasteiger partial charge in [0, 0.05) is 19.1 Å². The lowest BCUT2D eigenvalue weighted by atomic mass is 9.79. The van der Waals surface area contributed by atoms with Crippen molar-refractivity contribution in [2.24, 2.45) is 5.92 Å². The molecule has 1 heterocycles. The molecule has 1 N–H and O–H groups in total. The molecule has 1 fully saturated rings. The van der Waals surface area contributed by atoms with Crippen LogP contribution < -0.4 is 5.32 Å². The number of hydrogen-bond acceptors (Lipinski definition) is 5. The summed E-state index contributed by atoms with van der Waals surface area (Å²) in [5, 5.41) is 7.59. The summed E-state index contributed by atoms with van der Waals surface area (Å²) in [5.41, 5.74) is -0.329. The van der Waals surface area contributed by atoms with Gasteiger partial charge < -0.3 is 14.6 Å². The predicted molar refractivity (Wildman–Crippen MR) is 82.1 cm³/mol. The summed E-state index contributed by atoms with van der Waals surface area (Å²) in [6, 6.07) is 0.345. The quantitative estimate of drug-likeness (QED) is 0.837. The summed E-state index contributed by atoms with van der Waals surface area (Å²) >= 11 is 0. The zero-order valence-corrected chi connectivity index (χ0v) is 13.8. The third kappa shape index (κ3) is 4.04. The van der Waals surface area contributed by atoms with Crippen molar-refractivity contribution in [2.45, 2.75) is 71.4 Å². The smallest absolute Gasteiger partial charge is 0.228 e. The molecule has 0 aromatic carbocycles.